The van der Waals surface area contributed by atoms with Crippen LogP contribution in [-0.4, -0.2) is 38.2 Å². The summed E-state index contributed by atoms with van der Waals surface area (Å²) in [5, 5.41) is 9.51. The number of carbonyl (C=O) groups is 2. The van der Waals surface area contributed by atoms with Crippen LogP contribution >= 0.6 is 22.9 Å². The van der Waals surface area contributed by atoms with E-state index in [-0.39, 0.29) is 33.8 Å². The van der Waals surface area contributed by atoms with E-state index in [0.717, 1.165) is 16.0 Å². The third-order valence-electron chi connectivity index (χ3n) is 4.20. The molecule has 0 aliphatic rings. The van der Waals surface area contributed by atoms with Crippen molar-refractivity contribution in [3.63, 3.8) is 0 Å². The van der Waals surface area contributed by atoms with Gasteiger partial charge in [0.2, 0.25) is 0 Å². The number of carbonyl (C=O) groups excluding carboxylic acids is 2. The predicted molar refractivity (Wildman–Crippen MR) is 116 cm³/mol. The molecule has 1 amide bonds. The predicted octanol–water partition coefficient (Wildman–Crippen LogP) is 3.32. The summed E-state index contributed by atoms with van der Waals surface area (Å²) in [6, 6.07) is 6.48. The maximum absolute atomic E-state index is 13.3. The Kier molecular flexibility index (Phi) is 5.74. The molecule has 9 nitrogen and oxygen atoms in total. The Morgan fingerprint density at radius 2 is 2.13 bits per heavy atom. The average Bonchev–Trinajstić information content (AvgIpc) is 3.19. The van der Waals surface area contributed by atoms with E-state index in [1.165, 1.54) is 18.6 Å². The van der Waals surface area contributed by atoms with Crippen LogP contribution in [0.15, 0.2) is 53.0 Å². The molecule has 0 saturated heterocycles. The number of nitrogens with one attached hydrogen (secondary N) is 1. The van der Waals surface area contributed by atoms with Gasteiger partial charge in [-0.1, -0.05) is 17.7 Å². The van der Waals surface area contributed by atoms with E-state index < -0.39 is 17.4 Å². The topological polar surface area (TPSA) is 116 Å². The Hall–Kier alpha value is -3.63. The number of benzene rings is 1. The summed E-state index contributed by atoms with van der Waals surface area (Å²) in [5.74, 6) is -1.23. The molecule has 0 spiro atoms. The molecule has 0 unspecified atom stereocenters. The van der Waals surface area contributed by atoms with E-state index in [4.69, 9.17) is 16.3 Å². The molecule has 0 bridgehead atoms. The normalized spacial score (nSPS) is 10.8. The van der Waals surface area contributed by atoms with Gasteiger partial charge in [0.25, 0.3) is 11.5 Å². The molecule has 11 heteroatoms. The summed E-state index contributed by atoms with van der Waals surface area (Å²) in [6.45, 7) is 1.81. The zero-order valence-corrected chi connectivity index (χ0v) is 17.6. The van der Waals surface area contributed by atoms with Crippen molar-refractivity contribution in [3.05, 3.63) is 75.0 Å². The van der Waals surface area contributed by atoms with E-state index >= 15 is 0 Å². The third-order valence-corrected chi connectivity index (χ3v) is 5.33. The van der Waals surface area contributed by atoms with Gasteiger partial charge in [-0.15, -0.1) is 11.3 Å². The number of fused-ring (bicyclic) bond motifs is 1. The monoisotopic (exact) mass is 455 g/mol. The highest BCUT2D eigenvalue weighted by atomic mass is 35.5. The van der Waals surface area contributed by atoms with Gasteiger partial charge in [-0.25, -0.2) is 9.78 Å². The van der Waals surface area contributed by atoms with Gasteiger partial charge >= 0.3 is 5.97 Å². The number of esters is 1. The van der Waals surface area contributed by atoms with E-state index in [2.05, 4.69) is 20.4 Å². The Morgan fingerprint density at radius 3 is 2.84 bits per heavy atom. The van der Waals surface area contributed by atoms with Crippen molar-refractivity contribution in [2.24, 2.45) is 0 Å². The molecular formula is C20H14ClN5O4S. The molecule has 0 atom stereocenters. The fourth-order valence-corrected chi connectivity index (χ4v) is 3.97. The summed E-state index contributed by atoms with van der Waals surface area (Å²) in [7, 11) is 0. The van der Waals surface area contributed by atoms with E-state index in [0.29, 0.717) is 10.7 Å². The smallest absolute Gasteiger partial charge is 0.359 e. The number of hydrogen-bond acceptors (Lipinski definition) is 8. The lowest BCUT2D eigenvalue weighted by molar-refractivity contribution is 0.0520. The second kappa shape index (κ2) is 8.62. The fraction of sp³-hybridized carbons (Fsp3) is 0.100. The number of amides is 1. The van der Waals surface area contributed by atoms with Gasteiger partial charge in [-0.3, -0.25) is 14.6 Å². The minimum atomic E-state index is -0.687. The van der Waals surface area contributed by atoms with Crippen molar-refractivity contribution < 1.29 is 14.3 Å². The van der Waals surface area contributed by atoms with E-state index in [1.54, 1.807) is 36.6 Å². The highest BCUT2D eigenvalue weighted by molar-refractivity contribution is 7.16. The molecule has 156 valence electrons. The highest BCUT2D eigenvalue weighted by Gasteiger charge is 2.23. The molecule has 0 fully saturated rings. The van der Waals surface area contributed by atoms with Gasteiger partial charge < -0.3 is 10.1 Å². The molecule has 1 aromatic carbocycles. The number of thiophene rings is 1. The minimum absolute atomic E-state index is 0.0484. The van der Waals surface area contributed by atoms with Gasteiger partial charge in [0.05, 0.1) is 23.9 Å². The second-order valence-electron chi connectivity index (χ2n) is 6.16. The number of halogens is 1. The number of ether oxygens (including phenoxy) is 1. The first-order valence-corrected chi connectivity index (χ1v) is 10.3. The van der Waals surface area contributed by atoms with Crippen molar-refractivity contribution in [3.8, 4) is 5.69 Å². The summed E-state index contributed by atoms with van der Waals surface area (Å²) in [4.78, 5) is 46.2. The van der Waals surface area contributed by atoms with Crippen molar-refractivity contribution in [2.75, 3.05) is 11.9 Å². The Balaban J connectivity index is 1.90. The van der Waals surface area contributed by atoms with Gasteiger partial charge in [0.15, 0.2) is 5.69 Å². The SMILES string of the molecule is CCOC(=O)c1nn(-c2cccc(Cl)c2)c(=O)c2c(NC(=O)c3cnccn3)scc12. The Morgan fingerprint density at radius 1 is 1.29 bits per heavy atom. The van der Waals surface area contributed by atoms with E-state index in [1.807, 2.05) is 0 Å². The molecule has 0 radical (unpaired) electrons. The highest BCUT2D eigenvalue weighted by Crippen LogP contribution is 2.31. The van der Waals surface area contributed by atoms with Crippen molar-refractivity contribution >= 4 is 50.6 Å². The Labute approximate surface area is 184 Å². The molecule has 0 aliphatic carbocycles. The van der Waals surface area contributed by atoms with Gasteiger partial charge in [0, 0.05) is 28.2 Å². The van der Waals surface area contributed by atoms with Gasteiger partial charge in [-0.2, -0.15) is 9.78 Å². The minimum Gasteiger partial charge on any atom is -0.461 e. The van der Waals surface area contributed by atoms with Crippen LogP contribution < -0.4 is 10.9 Å². The molecule has 4 aromatic rings. The first-order valence-electron chi connectivity index (χ1n) is 9.04. The lowest BCUT2D eigenvalue weighted by atomic mass is 10.2. The standard InChI is InChI=1S/C20H14ClN5O4S/c1-2-30-20(29)16-13-10-31-18(24-17(27)14-9-22-6-7-23-14)15(13)19(28)26(25-16)12-5-3-4-11(21)8-12/h3-10H,2H2,1H3,(H,24,27). The molecule has 31 heavy (non-hydrogen) atoms. The lowest BCUT2D eigenvalue weighted by Gasteiger charge is -2.10. The maximum Gasteiger partial charge on any atom is 0.359 e. The fourth-order valence-electron chi connectivity index (χ4n) is 2.86. The Bertz CT molecular complexity index is 1350. The number of anilines is 1. The molecule has 4 rings (SSSR count). The summed E-state index contributed by atoms with van der Waals surface area (Å²) in [5.41, 5.74) is -0.130. The third kappa shape index (κ3) is 4.03. The second-order valence-corrected chi connectivity index (χ2v) is 7.48. The molecular weight excluding hydrogens is 442 g/mol. The molecule has 1 N–H and O–H groups in total. The molecule has 0 saturated carbocycles. The number of hydrogen-bond donors (Lipinski definition) is 1. The van der Waals surface area contributed by atoms with Crippen LogP contribution in [0, 0.1) is 0 Å². The molecule has 3 heterocycles. The van der Waals surface area contributed by atoms with Crippen LogP contribution in [0.25, 0.3) is 16.5 Å². The van der Waals surface area contributed by atoms with Crippen molar-refractivity contribution in [1.29, 1.82) is 0 Å². The van der Waals surface area contributed by atoms with Crippen LogP contribution in [0.1, 0.15) is 27.9 Å². The van der Waals surface area contributed by atoms with Gasteiger partial charge in [-0.05, 0) is 25.1 Å². The van der Waals surface area contributed by atoms with Crippen LogP contribution in [0.4, 0.5) is 5.00 Å². The zero-order valence-electron chi connectivity index (χ0n) is 16.0. The lowest BCUT2D eigenvalue weighted by Crippen LogP contribution is -2.25. The first-order chi connectivity index (χ1) is 15.0. The maximum atomic E-state index is 13.3. The summed E-state index contributed by atoms with van der Waals surface area (Å²) >= 11 is 7.15. The first kappa shape index (κ1) is 20.6. The zero-order chi connectivity index (χ0) is 22.0. The number of nitrogens with zero attached hydrogens (tertiary/aromatic N) is 4. The summed E-state index contributed by atoms with van der Waals surface area (Å²) in [6.07, 6.45) is 4.13. The van der Waals surface area contributed by atoms with E-state index in [9.17, 15) is 14.4 Å². The summed E-state index contributed by atoms with van der Waals surface area (Å²) < 4.78 is 6.17. The quantitative estimate of drug-likeness (QED) is 0.459. The number of rotatable bonds is 5. The van der Waals surface area contributed by atoms with Crippen LogP contribution in [0.2, 0.25) is 5.02 Å². The van der Waals surface area contributed by atoms with Crippen LogP contribution in [0.5, 0.6) is 0 Å². The average molecular weight is 456 g/mol. The van der Waals surface area contributed by atoms with Crippen LogP contribution in [-0.2, 0) is 4.74 Å². The van der Waals surface area contributed by atoms with Crippen molar-refractivity contribution in [2.45, 2.75) is 6.92 Å². The number of aromatic nitrogens is 4. The largest absolute Gasteiger partial charge is 0.461 e. The van der Waals surface area contributed by atoms with Gasteiger partial charge in [0.1, 0.15) is 10.7 Å². The molecule has 0 aliphatic heterocycles. The molecule has 3 aromatic heterocycles. The van der Waals surface area contributed by atoms with Crippen molar-refractivity contribution in [1.82, 2.24) is 19.7 Å². The van der Waals surface area contributed by atoms with Crippen LogP contribution in [0.3, 0.4) is 0 Å².